The lowest BCUT2D eigenvalue weighted by atomic mass is 10.0. The fourth-order valence-corrected chi connectivity index (χ4v) is 3.76. The Morgan fingerprint density at radius 3 is 2.42 bits per heavy atom. The Morgan fingerprint density at radius 1 is 1.14 bits per heavy atom. The molecule has 7 N–H and O–H groups in total. The van der Waals surface area contributed by atoms with Crippen molar-refractivity contribution >= 4 is 41.5 Å². The number of aromatic nitrogens is 1. The number of rotatable bonds is 10. The number of carbonyl (C=O) groups is 2. The van der Waals surface area contributed by atoms with Crippen molar-refractivity contribution in [3.63, 3.8) is 0 Å². The van der Waals surface area contributed by atoms with E-state index in [1.165, 1.54) is 29.7 Å². The molecule has 3 aromatic rings. The van der Waals surface area contributed by atoms with Crippen LogP contribution in [0, 0.1) is 11.2 Å². The topological polar surface area (TPSA) is 156 Å². The van der Waals surface area contributed by atoms with Crippen LogP contribution in [0.1, 0.15) is 22.8 Å². The summed E-state index contributed by atoms with van der Waals surface area (Å²) >= 11 is 4.21. The molecule has 36 heavy (non-hydrogen) atoms. The maximum atomic E-state index is 14.8. The third-order valence-electron chi connectivity index (χ3n) is 5.14. The number of anilines is 2. The van der Waals surface area contributed by atoms with Crippen LogP contribution in [0.2, 0.25) is 0 Å². The molecule has 0 radical (unpaired) electrons. The van der Waals surface area contributed by atoms with Gasteiger partial charge in [0.15, 0.2) is 0 Å². The molecule has 0 spiro atoms. The van der Waals surface area contributed by atoms with Gasteiger partial charge in [0.25, 0.3) is 11.5 Å². The molecule has 3 rings (SSSR count). The van der Waals surface area contributed by atoms with Gasteiger partial charge in [-0.25, -0.2) is 4.39 Å². The standard InChI is InChI=1S/C25H25FN6O3S/c1-14(27)10-22(36)31-19-13-20(18(26)12-17(19)24(28)34)30-21(25(29)35)11-15-5-7-16(8-6-15)32-9-3-2-4-23(32)33/h2-10,12-13,21,27,30-31,36H,11H2,1H3,(H2,28,34)(H2,29,35)/b22-10-,27-14?/t21-/m1/s1. The quantitative estimate of drug-likeness (QED) is 0.183. The first-order chi connectivity index (χ1) is 17.0. The van der Waals surface area contributed by atoms with Crippen LogP contribution in [0.5, 0.6) is 0 Å². The second-order valence-electron chi connectivity index (χ2n) is 7.96. The first kappa shape index (κ1) is 26.2. The number of allylic oxidation sites excluding steroid dienone is 1. The van der Waals surface area contributed by atoms with Crippen LogP contribution in [0.15, 0.2) is 76.7 Å². The van der Waals surface area contributed by atoms with Gasteiger partial charge in [-0.15, -0.1) is 12.6 Å². The van der Waals surface area contributed by atoms with Crippen LogP contribution in [-0.2, 0) is 11.2 Å². The number of hydrogen-bond acceptors (Lipinski definition) is 7. The summed E-state index contributed by atoms with van der Waals surface area (Å²) in [6.07, 6.45) is 3.16. The smallest absolute Gasteiger partial charge is 0.255 e. The molecular formula is C25H25FN6O3S. The number of thiol groups is 1. The van der Waals surface area contributed by atoms with E-state index in [4.69, 9.17) is 16.9 Å². The maximum Gasteiger partial charge on any atom is 0.255 e. The summed E-state index contributed by atoms with van der Waals surface area (Å²) in [6.45, 7) is 1.53. The van der Waals surface area contributed by atoms with Crippen LogP contribution in [-0.4, -0.2) is 28.1 Å². The predicted molar refractivity (Wildman–Crippen MR) is 141 cm³/mol. The van der Waals surface area contributed by atoms with E-state index in [0.29, 0.717) is 11.3 Å². The van der Waals surface area contributed by atoms with Crippen molar-refractivity contribution in [1.29, 1.82) is 5.41 Å². The molecule has 186 valence electrons. The van der Waals surface area contributed by atoms with Crippen molar-refractivity contribution in [2.45, 2.75) is 19.4 Å². The van der Waals surface area contributed by atoms with Crippen molar-refractivity contribution in [3.8, 4) is 5.69 Å². The van der Waals surface area contributed by atoms with E-state index in [1.807, 2.05) is 0 Å². The van der Waals surface area contributed by atoms with E-state index in [9.17, 15) is 18.8 Å². The molecule has 9 nitrogen and oxygen atoms in total. The van der Waals surface area contributed by atoms with Crippen molar-refractivity contribution < 1.29 is 14.0 Å². The summed E-state index contributed by atoms with van der Waals surface area (Å²) in [4.78, 5) is 36.0. The van der Waals surface area contributed by atoms with Crippen molar-refractivity contribution in [3.05, 3.63) is 99.2 Å². The summed E-state index contributed by atoms with van der Waals surface area (Å²) in [5, 5.41) is 13.3. The third kappa shape index (κ3) is 6.60. The van der Waals surface area contributed by atoms with E-state index >= 15 is 0 Å². The lowest BCUT2D eigenvalue weighted by molar-refractivity contribution is -0.118. The number of nitrogens with zero attached hydrogens (tertiary/aromatic N) is 1. The van der Waals surface area contributed by atoms with Gasteiger partial charge in [-0.3, -0.25) is 19.0 Å². The Hall–Kier alpha value is -4.38. The minimum Gasteiger partial charge on any atom is -0.371 e. The second kappa shape index (κ2) is 11.4. The van der Waals surface area contributed by atoms with Crippen LogP contribution >= 0.6 is 12.6 Å². The van der Waals surface area contributed by atoms with Gasteiger partial charge in [0.05, 0.1) is 22.0 Å². The van der Waals surface area contributed by atoms with E-state index in [2.05, 4.69) is 23.3 Å². The van der Waals surface area contributed by atoms with Gasteiger partial charge in [0, 0.05) is 30.1 Å². The van der Waals surface area contributed by atoms with Gasteiger partial charge in [-0.05, 0) is 48.9 Å². The van der Waals surface area contributed by atoms with Gasteiger partial charge >= 0.3 is 0 Å². The number of pyridine rings is 1. The van der Waals surface area contributed by atoms with E-state index in [-0.39, 0.29) is 39.7 Å². The molecule has 0 fully saturated rings. The fraction of sp³-hybridized carbons (Fsp3) is 0.120. The molecule has 0 aliphatic carbocycles. The zero-order valence-electron chi connectivity index (χ0n) is 19.3. The monoisotopic (exact) mass is 508 g/mol. The highest BCUT2D eigenvalue weighted by Crippen LogP contribution is 2.27. The molecule has 0 aliphatic heterocycles. The average Bonchev–Trinajstić information content (AvgIpc) is 2.80. The number of amides is 2. The second-order valence-corrected chi connectivity index (χ2v) is 8.44. The normalized spacial score (nSPS) is 12.0. The molecule has 0 aliphatic rings. The summed E-state index contributed by atoms with van der Waals surface area (Å²) in [5.41, 5.74) is 12.2. The molecule has 0 saturated heterocycles. The number of benzene rings is 2. The Balaban J connectivity index is 1.87. The molecular weight excluding hydrogens is 483 g/mol. The van der Waals surface area contributed by atoms with Gasteiger partial charge in [0.2, 0.25) is 5.91 Å². The molecule has 1 atom stereocenters. The highest BCUT2D eigenvalue weighted by molar-refractivity contribution is 7.84. The average molecular weight is 509 g/mol. The molecule has 0 saturated carbocycles. The van der Waals surface area contributed by atoms with E-state index < -0.39 is 23.7 Å². The summed E-state index contributed by atoms with van der Waals surface area (Å²) in [5.74, 6) is -2.41. The lowest BCUT2D eigenvalue weighted by Crippen LogP contribution is -2.37. The molecule has 1 heterocycles. The number of hydrogen-bond donors (Lipinski definition) is 6. The Morgan fingerprint density at radius 2 is 1.83 bits per heavy atom. The van der Waals surface area contributed by atoms with Gasteiger partial charge in [-0.2, -0.15) is 0 Å². The Labute approximate surface area is 211 Å². The molecule has 0 bridgehead atoms. The predicted octanol–water partition coefficient (Wildman–Crippen LogP) is 2.81. The fourth-order valence-electron chi connectivity index (χ4n) is 3.45. The van der Waals surface area contributed by atoms with Crippen LogP contribution in [0.25, 0.3) is 5.69 Å². The third-order valence-corrected chi connectivity index (χ3v) is 5.38. The Kier molecular flexibility index (Phi) is 8.28. The first-order valence-corrected chi connectivity index (χ1v) is 11.2. The van der Waals surface area contributed by atoms with Crippen molar-refractivity contribution in [2.24, 2.45) is 11.5 Å². The summed E-state index contributed by atoms with van der Waals surface area (Å²) in [7, 11) is 0. The minimum absolute atomic E-state index is 0.0912. The number of primary amides is 2. The zero-order valence-corrected chi connectivity index (χ0v) is 20.2. The van der Waals surface area contributed by atoms with Crippen molar-refractivity contribution in [2.75, 3.05) is 10.6 Å². The maximum absolute atomic E-state index is 14.8. The molecule has 2 aromatic carbocycles. The first-order valence-electron chi connectivity index (χ1n) is 10.7. The number of nitrogens with one attached hydrogen (secondary N) is 3. The van der Waals surface area contributed by atoms with Crippen LogP contribution in [0.3, 0.4) is 0 Å². The number of carbonyl (C=O) groups excluding carboxylic acids is 2. The Bertz CT molecular complexity index is 1400. The van der Waals surface area contributed by atoms with Crippen molar-refractivity contribution in [1.82, 2.24) is 4.57 Å². The van der Waals surface area contributed by atoms with Gasteiger partial charge in [-0.1, -0.05) is 18.2 Å². The molecule has 0 unspecified atom stereocenters. The highest BCUT2D eigenvalue weighted by Gasteiger charge is 2.20. The molecule has 11 heteroatoms. The van der Waals surface area contributed by atoms with E-state index in [1.54, 1.807) is 42.6 Å². The van der Waals surface area contributed by atoms with E-state index in [0.717, 1.165) is 6.07 Å². The molecule has 2 amide bonds. The number of halogens is 1. The SMILES string of the molecule is CC(=N)/C=C(\S)Nc1cc(N[C@H](Cc2ccc(-n3ccccc3=O)cc2)C(N)=O)c(F)cc1C(N)=O. The number of nitrogens with two attached hydrogens (primary N) is 2. The largest absolute Gasteiger partial charge is 0.371 e. The molecule has 1 aromatic heterocycles. The summed E-state index contributed by atoms with van der Waals surface area (Å²) < 4.78 is 16.3. The van der Waals surface area contributed by atoms with Gasteiger partial charge < -0.3 is 27.5 Å². The van der Waals surface area contributed by atoms with Gasteiger partial charge in [0.1, 0.15) is 11.9 Å². The van der Waals surface area contributed by atoms with Crippen LogP contribution in [0.4, 0.5) is 15.8 Å². The van der Waals surface area contributed by atoms with Crippen LogP contribution < -0.4 is 27.7 Å². The lowest BCUT2D eigenvalue weighted by Gasteiger charge is -2.20. The summed E-state index contributed by atoms with van der Waals surface area (Å²) in [6, 6.07) is 13.0. The zero-order chi connectivity index (χ0) is 26.4. The highest BCUT2D eigenvalue weighted by atomic mass is 32.1. The minimum atomic E-state index is -0.994.